The van der Waals surface area contributed by atoms with Gasteiger partial charge in [-0.25, -0.2) is 4.79 Å². The first-order valence-corrected chi connectivity index (χ1v) is 6.93. The van der Waals surface area contributed by atoms with E-state index in [1.807, 2.05) is 30.3 Å². The van der Waals surface area contributed by atoms with Gasteiger partial charge in [0.05, 0.1) is 4.92 Å². The van der Waals surface area contributed by atoms with Gasteiger partial charge >= 0.3 is 6.16 Å². The number of hydrogen-bond donors (Lipinski definition) is 0. The number of carbonyl (C=O) groups excluding carboxylic acids is 1. The van der Waals surface area contributed by atoms with Crippen molar-refractivity contribution in [2.45, 2.75) is 12.2 Å². The van der Waals surface area contributed by atoms with Gasteiger partial charge in [-0.2, -0.15) is 0 Å². The molecule has 1 fully saturated rings. The summed E-state index contributed by atoms with van der Waals surface area (Å²) in [6.07, 6.45) is -1.12. The fourth-order valence-electron chi connectivity index (χ4n) is 2.12. The predicted molar refractivity (Wildman–Crippen MR) is 79.1 cm³/mol. The molecule has 1 heterocycles. The molecule has 2 aromatic rings. The van der Waals surface area contributed by atoms with Crippen molar-refractivity contribution in [3.8, 4) is 5.75 Å². The number of carbonyl (C=O) groups is 1. The minimum Gasteiger partial charge on any atom is -0.431 e. The summed E-state index contributed by atoms with van der Waals surface area (Å²) in [5.74, 6) is 0.178. The zero-order chi connectivity index (χ0) is 16.2. The lowest BCUT2D eigenvalue weighted by Gasteiger charge is -2.04. The largest absolute Gasteiger partial charge is 0.513 e. The minimum atomic E-state index is -0.874. The van der Waals surface area contributed by atoms with Crippen LogP contribution in [0.15, 0.2) is 54.6 Å². The van der Waals surface area contributed by atoms with E-state index >= 15 is 0 Å². The lowest BCUT2D eigenvalue weighted by molar-refractivity contribution is -0.384. The highest BCUT2D eigenvalue weighted by Gasteiger charge is 2.41. The number of epoxide rings is 1. The van der Waals surface area contributed by atoms with Crippen LogP contribution in [0.3, 0.4) is 0 Å². The van der Waals surface area contributed by atoms with Crippen molar-refractivity contribution in [1.82, 2.24) is 0 Å². The Morgan fingerprint density at radius 2 is 1.83 bits per heavy atom. The number of nitrogens with zero attached hydrogens (tertiary/aromatic N) is 1. The maximum absolute atomic E-state index is 11.6. The topological polar surface area (TPSA) is 91.2 Å². The van der Waals surface area contributed by atoms with E-state index in [0.717, 1.165) is 5.56 Å². The first-order chi connectivity index (χ1) is 11.1. The van der Waals surface area contributed by atoms with E-state index in [4.69, 9.17) is 14.2 Å². The molecule has 0 bridgehead atoms. The number of nitro benzene ring substituents is 1. The molecule has 7 nitrogen and oxygen atoms in total. The van der Waals surface area contributed by atoms with Crippen molar-refractivity contribution in [1.29, 1.82) is 0 Å². The van der Waals surface area contributed by atoms with Crippen molar-refractivity contribution < 1.29 is 23.9 Å². The summed E-state index contributed by atoms with van der Waals surface area (Å²) >= 11 is 0. The van der Waals surface area contributed by atoms with Crippen molar-refractivity contribution >= 4 is 11.8 Å². The van der Waals surface area contributed by atoms with Crippen LogP contribution < -0.4 is 4.74 Å². The van der Waals surface area contributed by atoms with Crippen LogP contribution in [0, 0.1) is 10.1 Å². The third-order valence-corrected chi connectivity index (χ3v) is 3.32. The van der Waals surface area contributed by atoms with Crippen molar-refractivity contribution in [2.75, 3.05) is 6.61 Å². The normalized spacial score (nSPS) is 19.0. The quantitative estimate of drug-likeness (QED) is 0.276. The number of nitro groups is 1. The van der Waals surface area contributed by atoms with Gasteiger partial charge in [0.15, 0.2) is 0 Å². The van der Waals surface area contributed by atoms with E-state index in [0.29, 0.717) is 0 Å². The van der Waals surface area contributed by atoms with Crippen molar-refractivity contribution in [3.63, 3.8) is 0 Å². The van der Waals surface area contributed by atoms with Crippen molar-refractivity contribution in [3.05, 3.63) is 70.3 Å². The molecule has 118 valence electrons. The number of non-ortho nitro benzene ring substituents is 1. The van der Waals surface area contributed by atoms with E-state index in [9.17, 15) is 14.9 Å². The molecular weight excluding hydrogens is 302 g/mol. The van der Waals surface area contributed by atoms with Gasteiger partial charge in [0.2, 0.25) is 0 Å². The first kappa shape index (κ1) is 15.0. The third kappa shape index (κ3) is 3.83. The molecule has 1 aliphatic heterocycles. The van der Waals surface area contributed by atoms with Gasteiger partial charge in [0.1, 0.15) is 24.6 Å². The SMILES string of the molecule is O=C(OC[C@@H]1O[C@H]1c1ccccc1)Oc1ccc([N+](=O)[O-])cc1. The summed E-state index contributed by atoms with van der Waals surface area (Å²) in [4.78, 5) is 21.6. The third-order valence-electron chi connectivity index (χ3n) is 3.32. The highest BCUT2D eigenvalue weighted by Crippen LogP contribution is 2.38. The van der Waals surface area contributed by atoms with Crippen LogP contribution in [0.25, 0.3) is 0 Å². The number of benzene rings is 2. The zero-order valence-electron chi connectivity index (χ0n) is 12.0. The average Bonchev–Trinajstić information content (AvgIpc) is 3.34. The Labute approximate surface area is 131 Å². The van der Waals surface area contributed by atoms with Gasteiger partial charge in [-0.1, -0.05) is 30.3 Å². The molecule has 1 aliphatic rings. The monoisotopic (exact) mass is 315 g/mol. The van der Waals surface area contributed by atoms with E-state index in [2.05, 4.69) is 0 Å². The Kier molecular flexibility index (Phi) is 4.20. The standard InChI is InChI=1S/C16H13NO6/c18-16(22-13-8-6-12(7-9-13)17(19)20)21-10-14-15(23-14)11-4-2-1-3-5-11/h1-9,14-15H,10H2/t14-,15-/m0/s1. The molecule has 0 N–H and O–H groups in total. The number of rotatable bonds is 5. The Bertz CT molecular complexity index is 700. The highest BCUT2D eigenvalue weighted by molar-refractivity contribution is 5.64. The van der Waals surface area contributed by atoms with Gasteiger partial charge in [0.25, 0.3) is 5.69 Å². The van der Waals surface area contributed by atoms with Gasteiger partial charge < -0.3 is 14.2 Å². The minimum absolute atomic E-state index is 0.0663. The molecule has 0 unspecified atom stereocenters. The predicted octanol–water partition coefficient (Wildman–Crippen LogP) is 3.25. The van der Waals surface area contributed by atoms with Crippen LogP contribution in [-0.4, -0.2) is 23.8 Å². The summed E-state index contributed by atoms with van der Waals surface area (Å²) in [7, 11) is 0. The fourth-order valence-corrected chi connectivity index (χ4v) is 2.12. The Balaban J connectivity index is 1.45. The molecule has 0 aliphatic carbocycles. The van der Waals surface area contributed by atoms with Gasteiger partial charge in [0, 0.05) is 12.1 Å². The summed E-state index contributed by atoms with van der Waals surface area (Å²) in [6.45, 7) is 0.0887. The molecule has 23 heavy (non-hydrogen) atoms. The molecule has 0 amide bonds. The van der Waals surface area contributed by atoms with Crippen LogP contribution >= 0.6 is 0 Å². The second-order valence-corrected chi connectivity index (χ2v) is 4.92. The maximum Gasteiger partial charge on any atom is 0.513 e. The van der Waals surface area contributed by atoms with Crippen LogP contribution in [-0.2, 0) is 9.47 Å². The smallest absolute Gasteiger partial charge is 0.431 e. The first-order valence-electron chi connectivity index (χ1n) is 6.93. The Morgan fingerprint density at radius 1 is 1.13 bits per heavy atom. The maximum atomic E-state index is 11.6. The molecule has 0 spiro atoms. The molecule has 2 atom stereocenters. The molecule has 0 radical (unpaired) electrons. The molecule has 1 saturated heterocycles. The Morgan fingerprint density at radius 3 is 2.48 bits per heavy atom. The molecule has 7 heteroatoms. The van der Waals surface area contributed by atoms with Gasteiger partial charge in [-0.05, 0) is 17.7 Å². The molecule has 0 aromatic heterocycles. The summed E-state index contributed by atoms with van der Waals surface area (Å²) in [5.41, 5.74) is 0.952. The lowest BCUT2D eigenvalue weighted by atomic mass is 10.1. The van der Waals surface area contributed by atoms with Crippen LogP contribution in [0.2, 0.25) is 0 Å². The van der Waals surface area contributed by atoms with E-state index in [1.54, 1.807) is 0 Å². The van der Waals surface area contributed by atoms with E-state index < -0.39 is 11.1 Å². The number of ether oxygens (including phenoxy) is 3. The summed E-state index contributed by atoms with van der Waals surface area (Å²) in [6, 6.07) is 14.8. The second kappa shape index (κ2) is 6.45. The Hall–Kier alpha value is -2.93. The number of hydrogen-bond acceptors (Lipinski definition) is 6. The van der Waals surface area contributed by atoms with Crippen molar-refractivity contribution in [2.24, 2.45) is 0 Å². The van der Waals surface area contributed by atoms with Crippen LogP contribution in [0.4, 0.5) is 10.5 Å². The van der Waals surface area contributed by atoms with Crippen LogP contribution in [0.5, 0.6) is 5.75 Å². The molecule has 3 rings (SSSR count). The second-order valence-electron chi connectivity index (χ2n) is 4.92. The van der Waals surface area contributed by atoms with Gasteiger partial charge in [-0.3, -0.25) is 10.1 Å². The van der Waals surface area contributed by atoms with E-state index in [1.165, 1.54) is 24.3 Å². The fraction of sp³-hybridized carbons (Fsp3) is 0.188. The zero-order valence-corrected chi connectivity index (χ0v) is 12.0. The highest BCUT2D eigenvalue weighted by atomic mass is 16.7. The van der Waals surface area contributed by atoms with Gasteiger partial charge in [-0.15, -0.1) is 0 Å². The molecule has 0 saturated carbocycles. The molecular formula is C16H13NO6. The lowest BCUT2D eigenvalue weighted by Crippen LogP contribution is -2.14. The average molecular weight is 315 g/mol. The van der Waals surface area contributed by atoms with E-state index in [-0.39, 0.29) is 30.3 Å². The summed E-state index contributed by atoms with van der Waals surface area (Å²) < 4.78 is 15.3. The molecule has 2 aromatic carbocycles. The van der Waals surface area contributed by atoms with Crippen LogP contribution in [0.1, 0.15) is 11.7 Å². The summed E-state index contributed by atoms with van der Waals surface area (Å²) in [5, 5.41) is 10.5.